The van der Waals surface area contributed by atoms with Gasteiger partial charge in [-0.15, -0.1) is 0 Å². The van der Waals surface area contributed by atoms with Gasteiger partial charge in [0.2, 0.25) is 0 Å². The van der Waals surface area contributed by atoms with Gasteiger partial charge in [-0.2, -0.15) is 0 Å². The molecule has 0 aliphatic heterocycles. The SMILES string of the molecule is Cc1ncn(CC(=O)C2CCCCC2)c(=O)c1I. The molecular formula is C13H17IN2O2. The number of carbonyl (C=O) groups excluding carboxylic acids is 1. The van der Waals surface area contributed by atoms with Crippen LogP contribution < -0.4 is 5.56 Å². The molecule has 0 aromatic carbocycles. The molecule has 5 heteroatoms. The average molecular weight is 360 g/mol. The summed E-state index contributed by atoms with van der Waals surface area (Å²) >= 11 is 1.99. The van der Waals surface area contributed by atoms with Crippen molar-refractivity contribution in [2.45, 2.75) is 45.6 Å². The van der Waals surface area contributed by atoms with E-state index in [1.54, 1.807) is 6.92 Å². The topological polar surface area (TPSA) is 52.0 Å². The van der Waals surface area contributed by atoms with Gasteiger partial charge in [-0.05, 0) is 42.4 Å². The fourth-order valence-electron chi connectivity index (χ4n) is 2.38. The number of aryl methyl sites for hydroxylation is 1. The minimum Gasteiger partial charge on any atom is -0.297 e. The third-order valence-corrected chi connectivity index (χ3v) is 4.79. The zero-order chi connectivity index (χ0) is 13.1. The number of ketones is 1. The lowest BCUT2D eigenvalue weighted by Crippen LogP contribution is -2.30. The first kappa shape index (κ1) is 13.7. The molecule has 18 heavy (non-hydrogen) atoms. The molecule has 0 radical (unpaired) electrons. The molecule has 4 nitrogen and oxygen atoms in total. The number of hydrogen-bond acceptors (Lipinski definition) is 3. The third kappa shape index (κ3) is 2.99. The van der Waals surface area contributed by atoms with E-state index in [2.05, 4.69) is 4.98 Å². The Kier molecular flexibility index (Phi) is 4.53. The summed E-state index contributed by atoms with van der Waals surface area (Å²) in [5.41, 5.74) is 0.620. The largest absolute Gasteiger partial charge is 0.297 e. The van der Waals surface area contributed by atoms with Gasteiger partial charge in [-0.25, -0.2) is 4.98 Å². The molecule has 0 N–H and O–H groups in total. The number of nitrogens with zero attached hydrogens (tertiary/aromatic N) is 2. The van der Waals surface area contributed by atoms with E-state index in [4.69, 9.17) is 0 Å². The van der Waals surface area contributed by atoms with Crippen LogP contribution in [0.4, 0.5) is 0 Å². The quantitative estimate of drug-likeness (QED) is 0.778. The number of halogens is 1. The van der Waals surface area contributed by atoms with E-state index < -0.39 is 0 Å². The molecule has 1 fully saturated rings. The molecule has 1 aromatic rings. The molecule has 0 amide bonds. The first-order valence-corrected chi connectivity index (χ1v) is 7.41. The Morgan fingerprint density at radius 3 is 2.78 bits per heavy atom. The van der Waals surface area contributed by atoms with Crippen molar-refractivity contribution < 1.29 is 4.79 Å². The van der Waals surface area contributed by atoms with Crippen LogP contribution in [0.25, 0.3) is 0 Å². The number of Topliss-reactive ketones (excluding diaryl/α,β-unsaturated/α-hetero) is 1. The zero-order valence-electron chi connectivity index (χ0n) is 10.5. The molecule has 0 unspecified atom stereocenters. The average Bonchev–Trinajstić information content (AvgIpc) is 2.40. The molecule has 1 aliphatic rings. The van der Waals surface area contributed by atoms with Crippen molar-refractivity contribution in [1.29, 1.82) is 0 Å². The first-order chi connectivity index (χ1) is 8.59. The fourth-order valence-corrected chi connectivity index (χ4v) is 2.83. The number of hydrogen-bond donors (Lipinski definition) is 0. The summed E-state index contributed by atoms with van der Waals surface area (Å²) in [4.78, 5) is 28.2. The monoisotopic (exact) mass is 360 g/mol. The van der Waals surface area contributed by atoms with Gasteiger partial charge in [0, 0.05) is 5.92 Å². The molecule has 1 aromatic heterocycles. The lowest BCUT2D eigenvalue weighted by atomic mass is 9.86. The van der Waals surface area contributed by atoms with Crippen LogP contribution in [0.15, 0.2) is 11.1 Å². The molecule has 1 saturated carbocycles. The summed E-state index contributed by atoms with van der Waals surface area (Å²) in [5, 5.41) is 0. The first-order valence-electron chi connectivity index (χ1n) is 6.34. The van der Waals surface area contributed by atoms with Gasteiger partial charge in [0.05, 0.1) is 22.1 Å². The van der Waals surface area contributed by atoms with Crippen LogP contribution in [0.2, 0.25) is 0 Å². The van der Waals surface area contributed by atoms with Crippen molar-refractivity contribution in [3.8, 4) is 0 Å². The molecule has 0 bridgehead atoms. The van der Waals surface area contributed by atoms with Crippen LogP contribution in [-0.2, 0) is 11.3 Å². The minimum absolute atomic E-state index is 0.104. The Balaban J connectivity index is 2.12. The summed E-state index contributed by atoms with van der Waals surface area (Å²) in [5.74, 6) is 0.322. The molecule has 1 aliphatic carbocycles. The van der Waals surface area contributed by atoms with Crippen molar-refractivity contribution in [3.63, 3.8) is 0 Å². The second kappa shape index (κ2) is 5.95. The van der Waals surface area contributed by atoms with E-state index in [-0.39, 0.29) is 23.8 Å². The number of aromatic nitrogens is 2. The second-order valence-corrected chi connectivity index (χ2v) is 5.96. The summed E-state index contributed by atoms with van der Waals surface area (Å²) in [6.07, 6.45) is 6.94. The highest BCUT2D eigenvalue weighted by Gasteiger charge is 2.21. The lowest BCUT2D eigenvalue weighted by Gasteiger charge is -2.20. The maximum absolute atomic E-state index is 12.1. The zero-order valence-corrected chi connectivity index (χ0v) is 12.6. The van der Waals surface area contributed by atoms with Crippen LogP contribution in [0.1, 0.15) is 37.8 Å². The van der Waals surface area contributed by atoms with Gasteiger partial charge < -0.3 is 0 Å². The summed E-state index contributed by atoms with van der Waals surface area (Å²) in [6.45, 7) is 1.98. The minimum atomic E-state index is -0.104. The van der Waals surface area contributed by atoms with E-state index in [1.165, 1.54) is 17.3 Å². The van der Waals surface area contributed by atoms with E-state index in [0.29, 0.717) is 3.57 Å². The highest BCUT2D eigenvalue weighted by molar-refractivity contribution is 14.1. The lowest BCUT2D eigenvalue weighted by molar-refractivity contribution is -0.124. The van der Waals surface area contributed by atoms with Crippen LogP contribution in [-0.4, -0.2) is 15.3 Å². The molecule has 0 atom stereocenters. The van der Waals surface area contributed by atoms with Crippen LogP contribution >= 0.6 is 22.6 Å². The molecule has 1 heterocycles. The van der Waals surface area contributed by atoms with Crippen LogP contribution in [0.3, 0.4) is 0 Å². The van der Waals surface area contributed by atoms with Gasteiger partial charge in [0.1, 0.15) is 0 Å². The highest BCUT2D eigenvalue weighted by atomic mass is 127. The number of carbonyl (C=O) groups is 1. The van der Waals surface area contributed by atoms with E-state index >= 15 is 0 Å². The standard InChI is InChI=1S/C13H17IN2O2/c1-9-12(14)13(18)16(8-15-9)7-11(17)10-5-3-2-4-6-10/h8,10H,2-7H2,1H3. The smallest absolute Gasteiger partial charge is 0.267 e. The Morgan fingerprint density at radius 2 is 2.11 bits per heavy atom. The van der Waals surface area contributed by atoms with Crippen molar-refractivity contribution in [2.75, 3.05) is 0 Å². The highest BCUT2D eigenvalue weighted by Crippen LogP contribution is 2.24. The predicted octanol–water partition coefficient (Wildman–Crippen LogP) is 2.31. The maximum atomic E-state index is 12.1. The molecule has 2 rings (SSSR count). The van der Waals surface area contributed by atoms with Gasteiger partial charge >= 0.3 is 0 Å². The van der Waals surface area contributed by atoms with Crippen molar-refractivity contribution in [2.24, 2.45) is 5.92 Å². The van der Waals surface area contributed by atoms with Gasteiger partial charge in [0.25, 0.3) is 5.56 Å². The van der Waals surface area contributed by atoms with Gasteiger partial charge in [-0.1, -0.05) is 19.3 Å². The predicted molar refractivity (Wildman–Crippen MR) is 77.5 cm³/mol. The normalized spacial score (nSPS) is 16.8. The molecule has 0 saturated heterocycles. The van der Waals surface area contributed by atoms with E-state index in [0.717, 1.165) is 31.4 Å². The Bertz CT molecular complexity index is 504. The molecule has 98 valence electrons. The van der Waals surface area contributed by atoms with Gasteiger partial charge in [0.15, 0.2) is 5.78 Å². The van der Waals surface area contributed by atoms with Crippen LogP contribution in [0, 0.1) is 16.4 Å². The summed E-state index contributed by atoms with van der Waals surface area (Å²) in [7, 11) is 0. The van der Waals surface area contributed by atoms with Crippen molar-refractivity contribution in [1.82, 2.24) is 9.55 Å². The summed E-state index contributed by atoms with van der Waals surface area (Å²) in [6, 6.07) is 0. The van der Waals surface area contributed by atoms with Gasteiger partial charge in [-0.3, -0.25) is 14.2 Å². The molecule has 0 spiro atoms. The number of rotatable bonds is 3. The van der Waals surface area contributed by atoms with Crippen molar-refractivity contribution in [3.05, 3.63) is 25.9 Å². The fraction of sp³-hybridized carbons (Fsp3) is 0.615. The summed E-state index contributed by atoms with van der Waals surface area (Å²) < 4.78 is 2.04. The Labute approximate surface area is 120 Å². The second-order valence-electron chi connectivity index (χ2n) is 4.88. The maximum Gasteiger partial charge on any atom is 0.267 e. The Hall–Kier alpha value is -0.720. The molecular weight excluding hydrogens is 343 g/mol. The Morgan fingerprint density at radius 1 is 1.44 bits per heavy atom. The van der Waals surface area contributed by atoms with E-state index in [1.807, 2.05) is 22.6 Å². The third-order valence-electron chi connectivity index (χ3n) is 3.54. The van der Waals surface area contributed by atoms with Crippen LogP contribution in [0.5, 0.6) is 0 Å². The van der Waals surface area contributed by atoms with E-state index in [9.17, 15) is 9.59 Å². The van der Waals surface area contributed by atoms with Crippen molar-refractivity contribution >= 4 is 28.4 Å².